The number of hydrogen-bond acceptors (Lipinski definition) is 6. The molecule has 2 aromatic rings. The summed E-state index contributed by atoms with van der Waals surface area (Å²) in [6, 6.07) is 11.3. The minimum atomic E-state index is -4.55. The summed E-state index contributed by atoms with van der Waals surface area (Å²) >= 11 is 0. The van der Waals surface area contributed by atoms with Gasteiger partial charge in [-0.05, 0) is 36.4 Å². The molecule has 1 N–H and O–H groups in total. The molecule has 10 heteroatoms. The number of carbonyl (C=O) groups is 1. The first-order valence-corrected chi connectivity index (χ1v) is 9.10. The van der Waals surface area contributed by atoms with Crippen LogP contribution in [0.5, 0.6) is 0 Å². The van der Waals surface area contributed by atoms with Crippen LogP contribution in [0, 0.1) is 0 Å². The van der Waals surface area contributed by atoms with Crippen molar-refractivity contribution in [3.8, 4) is 0 Å². The second-order valence-corrected chi connectivity index (χ2v) is 6.86. The number of alkyl halides is 3. The molecule has 0 atom stereocenters. The molecule has 2 rings (SSSR count). The summed E-state index contributed by atoms with van der Waals surface area (Å²) in [5.74, 6) is -0.518. The Morgan fingerprint density at radius 2 is 1.63 bits per heavy atom. The molecule has 0 heterocycles. The van der Waals surface area contributed by atoms with Crippen LogP contribution in [0.3, 0.4) is 0 Å². The summed E-state index contributed by atoms with van der Waals surface area (Å²) in [5, 5.41) is 2.60. The largest absolute Gasteiger partial charge is 0.461 e. The van der Waals surface area contributed by atoms with Crippen molar-refractivity contribution in [1.29, 1.82) is 0 Å². The topological polar surface area (TPSA) is 81.7 Å². The zero-order valence-electron chi connectivity index (χ0n) is 13.9. The molecule has 0 saturated carbocycles. The van der Waals surface area contributed by atoms with Gasteiger partial charge in [-0.15, -0.1) is 0 Å². The Bertz CT molecular complexity index is 852. The van der Waals surface area contributed by atoms with E-state index < -0.39 is 39.5 Å². The first-order chi connectivity index (χ1) is 12.7. The van der Waals surface area contributed by atoms with Gasteiger partial charge in [-0.25, -0.2) is 4.79 Å². The van der Waals surface area contributed by atoms with Gasteiger partial charge in [-0.2, -0.15) is 21.6 Å². The van der Waals surface area contributed by atoms with Crippen molar-refractivity contribution >= 4 is 16.1 Å². The highest BCUT2D eigenvalue weighted by Gasteiger charge is 2.30. The number of benzene rings is 2. The van der Waals surface area contributed by atoms with E-state index in [1.807, 2.05) is 0 Å². The number of rotatable bonds is 8. The van der Waals surface area contributed by atoms with E-state index in [0.29, 0.717) is 17.7 Å². The van der Waals surface area contributed by atoms with Crippen molar-refractivity contribution in [2.45, 2.75) is 11.1 Å². The number of nitrogens with one attached hydrogen (secondary N) is 1. The van der Waals surface area contributed by atoms with Crippen LogP contribution in [0.25, 0.3) is 0 Å². The zero-order chi connectivity index (χ0) is 19.9. The van der Waals surface area contributed by atoms with Crippen molar-refractivity contribution in [3.05, 3.63) is 65.7 Å². The fourth-order valence-electron chi connectivity index (χ4n) is 1.94. The molecule has 0 aromatic heterocycles. The lowest BCUT2D eigenvalue weighted by molar-refractivity contribution is -0.137. The molecular formula is C17H16F3NO5S. The zero-order valence-corrected chi connectivity index (χ0v) is 14.7. The van der Waals surface area contributed by atoms with Gasteiger partial charge in [0.15, 0.2) is 0 Å². The van der Waals surface area contributed by atoms with E-state index in [-0.39, 0.29) is 13.2 Å². The summed E-state index contributed by atoms with van der Waals surface area (Å²) in [7, 11) is -4.21. The molecule has 146 valence electrons. The molecule has 27 heavy (non-hydrogen) atoms. The number of hydrogen-bond donors (Lipinski definition) is 1. The summed E-state index contributed by atoms with van der Waals surface area (Å²) in [4.78, 5) is 11.3. The van der Waals surface area contributed by atoms with Crippen LogP contribution in [0.15, 0.2) is 59.5 Å². The van der Waals surface area contributed by atoms with E-state index in [1.165, 1.54) is 0 Å². The van der Waals surface area contributed by atoms with E-state index in [1.54, 1.807) is 30.3 Å². The van der Waals surface area contributed by atoms with Gasteiger partial charge in [0, 0.05) is 6.54 Å². The fourth-order valence-corrected chi connectivity index (χ4v) is 2.79. The lowest BCUT2D eigenvalue weighted by Gasteiger charge is -2.09. The van der Waals surface area contributed by atoms with Crippen LogP contribution in [-0.4, -0.2) is 34.3 Å². The molecule has 0 unspecified atom stereocenters. The predicted molar refractivity (Wildman–Crippen MR) is 89.3 cm³/mol. The lowest BCUT2D eigenvalue weighted by atomic mass is 10.2. The predicted octanol–water partition coefficient (Wildman–Crippen LogP) is 2.81. The normalized spacial score (nSPS) is 12.0. The van der Waals surface area contributed by atoms with E-state index in [2.05, 4.69) is 9.50 Å². The average molecular weight is 403 g/mol. The van der Waals surface area contributed by atoms with Gasteiger partial charge < -0.3 is 4.74 Å². The molecule has 0 aliphatic rings. The molecule has 0 spiro atoms. The maximum atomic E-state index is 12.5. The van der Waals surface area contributed by atoms with E-state index in [9.17, 15) is 26.4 Å². The third-order valence-corrected chi connectivity index (χ3v) is 4.59. The van der Waals surface area contributed by atoms with Crippen LogP contribution in [0.4, 0.5) is 13.2 Å². The van der Waals surface area contributed by atoms with Gasteiger partial charge in [0.05, 0.1) is 16.0 Å². The molecule has 0 fully saturated rings. The quantitative estimate of drug-likeness (QED) is 0.316. The SMILES string of the molecule is O=C(OCCNCOS(=O)(=O)c1ccc(C(F)(F)F)cc1)c1ccccc1. The van der Waals surface area contributed by atoms with Gasteiger partial charge in [-0.1, -0.05) is 18.2 Å². The van der Waals surface area contributed by atoms with Gasteiger partial charge in [0.2, 0.25) is 0 Å². The van der Waals surface area contributed by atoms with E-state index >= 15 is 0 Å². The van der Waals surface area contributed by atoms with Crippen molar-refractivity contribution in [1.82, 2.24) is 5.32 Å². The van der Waals surface area contributed by atoms with Crippen molar-refractivity contribution in [2.24, 2.45) is 0 Å². The van der Waals surface area contributed by atoms with Crippen LogP contribution in [0.2, 0.25) is 0 Å². The monoisotopic (exact) mass is 403 g/mol. The van der Waals surface area contributed by atoms with E-state index in [4.69, 9.17) is 4.74 Å². The number of halogens is 3. The van der Waals surface area contributed by atoms with Crippen molar-refractivity contribution in [2.75, 3.05) is 19.9 Å². The van der Waals surface area contributed by atoms with Crippen LogP contribution < -0.4 is 5.32 Å². The minimum absolute atomic E-state index is 0.0165. The van der Waals surface area contributed by atoms with E-state index in [0.717, 1.165) is 12.1 Å². The Hall–Kier alpha value is -2.43. The molecule has 0 radical (unpaired) electrons. The highest BCUT2D eigenvalue weighted by atomic mass is 32.2. The molecule has 0 amide bonds. The van der Waals surface area contributed by atoms with Gasteiger partial charge >= 0.3 is 12.1 Å². The Kier molecular flexibility index (Phi) is 6.94. The molecule has 0 aliphatic heterocycles. The van der Waals surface area contributed by atoms with Crippen LogP contribution >= 0.6 is 0 Å². The summed E-state index contributed by atoms with van der Waals surface area (Å²) in [5.41, 5.74) is -0.571. The molecule has 0 saturated heterocycles. The van der Waals surface area contributed by atoms with Crippen molar-refractivity contribution < 1.29 is 35.3 Å². The Labute approximate surface area is 154 Å². The number of carbonyl (C=O) groups excluding carboxylic acids is 1. The Morgan fingerprint density at radius 1 is 1.00 bits per heavy atom. The summed E-state index contributed by atoms with van der Waals surface area (Å²) in [6.45, 7) is -0.315. The first kappa shape index (κ1) is 20.9. The molecule has 0 aliphatic carbocycles. The standard InChI is InChI=1S/C17H16F3NO5S/c18-17(19,20)14-6-8-15(9-7-14)27(23,24)26-12-21-10-11-25-16(22)13-4-2-1-3-5-13/h1-9,21H,10-12H2. The molecule has 0 bridgehead atoms. The average Bonchev–Trinajstić information content (AvgIpc) is 2.64. The summed E-state index contributed by atoms with van der Waals surface area (Å²) < 4.78 is 70.9. The van der Waals surface area contributed by atoms with Gasteiger partial charge in [0.25, 0.3) is 10.1 Å². The Balaban J connectivity index is 1.73. The van der Waals surface area contributed by atoms with Gasteiger partial charge in [-0.3, -0.25) is 9.50 Å². The second kappa shape index (κ2) is 8.98. The molecular weight excluding hydrogens is 387 g/mol. The Morgan fingerprint density at radius 3 is 2.22 bits per heavy atom. The van der Waals surface area contributed by atoms with Crippen molar-refractivity contribution in [3.63, 3.8) is 0 Å². The maximum absolute atomic E-state index is 12.5. The lowest BCUT2D eigenvalue weighted by Crippen LogP contribution is -2.25. The third kappa shape index (κ3) is 6.35. The maximum Gasteiger partial charge on any atom is 0.416 e. The smallest absolute Gasteiger partial charge is 0.416 e. The molecule has 6 nitrogen and oxygen atoms in total. The molecule has 2 aromatic carbocycles. The summed E-state index contributed by atoms with van der Waals surface area (Å²) in [6.07, 6.45) is -4.55. The highest BCUT2D eigenvalue weighted by Crippen LogP contribution is 2.29. The van der Waals surface area contributed by atoms with Crippen LogP contribution in [-0.2, 0) is 25.2 Å². The highest BCUT2D eigenvalue weighted by molar-refractivity contribution is 7.86. The third-order valence-electron chi connectivity index (χ3n) is 3.31. The number of ether oxygens (including phenoxy) is 1. The van der Waals surface area contributed by atoms with Gasteiger partial charge in [0.1, 0.15) is 13.3 Å². The van der Waals surface area contributed by atoms with Crippen LogP contribution in [0.1, 0.15) is 15.9 Å². The number of esters is 1. The second-order valence-electron chi connectivity index (χ2n) is 5.24. The fraction of sp³-hybridized carbons (Fsp3) is 0.235. The minimum Gasteiger partial charge on any atom is -0.461 e. The first-order valence-electron chi connectivity index (χ1n) is 7.70.